The lowest BCUT2D eigenvalue weighted by molar-refractivity contribution is 0.469. The average Bonchev–Trinajstić information content (AvgIpc) is 2.32. The van der Waals surface area contributed by atoms with Crippen LogP contribution in [-0.2, 0) is 6.54 Å². The Hall–Kier alpha value is -1.10. The molecule has 0 saturated heterocycles. The van der Waals surface area contributed by atoms with Crippen molar-refractivity contribution in [3.63, 3.8) is 0 Å². The molecule has 1 N–H and O–H groups in total. The first kappa shape index (κ1) is 14.3. The number of para-hydroxylation sites is 1. The summed E-state index contributed by atoms with van der Waals surface area (Å²) in [6, 6.07) is 9.88. The van der Waals surface area contributed by atoms with Crippen LogP contribution in [-0.4, -0.2) is 7.05 Å². The van der Waals surface area contributed by atoms with Crippen LogP contribution in [0.2, 0.25) is 5.02 Å². The molecule has 0 aliphatic carbocycles. The number of hydrogen-bond donors (Lipinski definition) is 1. The predicted molar refractivity (Wildman–Crippen MR) is 78.4 cm³/mol. The largest absolute Gasteiger partial charge is 0.455 e. The molecule has 0 spiro atoms. The van der Waals surface area contributed by atoms with Gasteiger partial charge >= 0.3 is 0 Å². The zero-order valence-electron chi connectivity index (χ0n) is 10.2. The third kappa shape index (κ3) is 3.69. The Morgan fingerprint density at radius 2 is 2.11 bits per heavy atom. The second-order valence-electron chi connectivity index (χ2n) is 3.97. The van der Waals surface area contributed by atoms with Crippen LogP contribution in [0, 0.1) is 5.82 Å². The fraction of sp³-hybridized carbons (Fsp3) is 0.143. The minimum absolute atomic E-state index is 0.369. The van der Waals surface area contributed by atoms with E-state index in [0.29, 0.717) is 27.5 Å². The fourth-order valence-corrected chi connectivity index (χ4v) is 2.38. The van der Waals surface area contributed by atoms with Gasteiger partial charge in [0, 0.05) is 22.6 Å². The van der Waals surface area contributed by atoms with E-state index in [9.17, 15) is 4.39 Å². The van der Waals surface area contributed by atoms with Gasteiger partial charge < -0.3 is 10.1 Å². The summed E-state index contributed by atoms with van der Waals surface area (Å²) in [4.78, 5) is 0. The van der Waals surface area contributed by atoms with Crippen molar-refractivity contribution in [1.29, 1.82) is 0 Å². The number of ether oxygens (including phenoxy) is 1. The highest BCUT2D eigenvalue weighted by Crippen LogP contribution is 2.34. The Balaban J connectivity index is 2.36. The van der Waals surface area contributed by atoms with Gasteiger partial charge in [0.15, 0.2) is 0 Å². The Bertz CT molecular complexity index is 571. The Kier molecular flexibility index (Phi) is 4.80. The van der Waals surface area contributed by atoms with Crippen molar-refractivity contribution in [2.45, 2.75) is 6.54 Å². The maximum absolute atomic E-state index is 13.3. The van der Waals surface area contributed by atoms with Gasteiger partial charge in [-0.1, -0.05) is 39.7 Å². The average molecular weight is 345 g/mol. The first-order valence-corrected chi connectivity index (χ1v) is 6.83. The van der Waals surface area contributed by atoms with E-state index in [2.05, 4.69) is 21.2 Å². The van der Waals surface area contributed by atoms with E-state index in [1.54, 1.807) is 12.1 Å². The molecule has 5 heteroatoms. The normalized spacial score (nSPS) is 10.5. The molecule has 2 aromatic carbocycles. The molecule has 2 rings (SSSR count). The molecule has 2 aromatic rings. The molecule has 0 atom stereocenters. The first-order valence-electron chi connectivity index (χ1n) is 5.66. The lowest BCUT2D eigenvalue weighted by atomic mass is 10.2. The zero-order valence-corrected chi connectivity index (χ0v) is 12.6. The molecule has 0 radical (unpaired) electrons. The topological polar surface area (TPSA) is 21.3 Å². The monoisotopic (exact) mass is 343 g/mol. The molecule has 100 valence electrons. The molecule has 0 fully saturated rings. The Labute approximate surface area is 124 Å². The minimum atomic E-state index is -0.369. The quantitative estimate of drug-likeness (QED) is 0.864. The molecule has 0 amide bonds. The van der Waals surface area contributed by atoms with E-state index in [1.807, 2.05) is 19.2 Å². The van der Waals surface area contributed by atoms with Crippen molar-refractivity contribution in [2.75, 3.05) is 7.05 Å². The van der Waals surface area contributed by atoms with Crippen LogP contribution in [0.25, 0.3) is 0 Å². The molecule has 0 unspecified atom stereocenters. The summed E-state index contributed by atoms with van der Waals surface area (Å²) in [5.41, 5.74) is 0.912. The van der Waals surface area contributed by atoms with Crippen LogP contribution >= 0.6 is 27.5 Å². The number of halogens is 3. The number of benzene rings is 2. The van der Waals surface area contributed by atoms with Crippen molar-refractivity contribution >= 4 is 27.5 Å². The number of nitrogens with one attached hydrogen (secondary N) is 1. The second-order valence-corrected chi connectivity index (χ2v) is 5.29. The Morgan fingerprint density at radius 1 is 1.32 bits per heavy atom. The van der Waals surface area contributed by atoms with Crippen LogP contribution in [0.5, 0.6) is 11.5 Å². The van der Waals surface area contributed by atoms with E-state index in [1.165, 1.54) is 12.1 Å². The summed E-state index contributed by atoms with van der Waals surface area (Å²) in [5, 5.41) is 3.53. The van der Waals surface area contributed by atoms with Crippen molar-refractivity contribution in [2.24, 2.45) is 0 Å². The van der Waals surface area contributed by atoms with Crippen LogP contribution in [0.15, 0.2) is 40.9 Å². The molecule has 0 aliphatic heterocycles. The molecule has 0 bridgehead atoms. The van der Waals surface area contributed by atoms with Crippen molar-refractivity contribution in [3.05, 3.63) is 57.3 Å². The van der Waals surface area contributed by atoms with Crippen molar-refractivity contribution in [1.82, 2.24) is 5.32 Å². The van der Waals surface area contributed by atoms with E-state index < -0.39 is 0 Å². The minimum Gasteiger partial charge on any atom is -0.455 e. The van der Waals surface area contributed by atoms with Gasteiger partial charge in [0.2, 0.25) is 0 Å². The van der Waals surface area contributed by atoms with E-state index in [4.69, 9.17) is 16.3 Å². The summed E-state index contributed by atoms with van der Waals surface area (Å²) in [6.45, 7) is 0.617. The summed E-state index contributed by atoms with van der Waals surface area (Å²) >= 11 is 9.37. The van der Waals surface area contributed by atoms with Gasteiger partial charge in [-0.05, 0) is 25.2 Å². The summed E-state index contributed by atoms with van der Waals surface area (Å²) in [7, 11) is 1.84. The van der Waals surface area contributed by atoms with Gasteiger partial charge in [-0.15, -0.1) is 0 Å². The van der Waals surface area contributed by atoms with Crippen LogP contribution in [0.1, 0.15) is 5.56 Å². The van der Waals surface area contributed by atoms with Gasteiger partial charge in [0.1, 0.15) is 17.3 Å². The highest BCUT2D eigenvalue weighted by Gasteiger charge is 2.10. The van der Waals surface area contributed by atoms with Crippen LogP contribution < -0.4 is 10.1 Å². The Morgan fingerprint density at radius 3 is 2.79 bits per heavy atom. The van der Waals surface area contributed by atoms with Gasteiger partial charge in [-0.3, -0.25) is 0 Å². The molecule has 0 saturated carbocycles. The standard InChI is InChI=1S/C14H12BrClFNO/c1-18-8-9-3-2-4-13(16)14(9)19-12-6-10(15)5-11(17)7-12/h2-7,18H,8H2,1H3. The summed E-state index contributed by atoms with van der Waals surface area (Å²) in [5.74, 6) is 0.569. The maximum Gasteiger partial charge on any atom is 0.150 e. The summed E-state index contributed by atoms with van der Waals surface area (Å²) in [6.07, 6.45) is 0. The third-order valence-electron chi connectivity index (χ3n) is 2.47. The number of hydrogen-bond acceptors (Lipinski definition) is 2. The van der Waals surface area contributed by atoms with E-state index >= 15 is 0 Å². The predicted octanol–water partition coefficient (Wildman–Crippen LogP) is 4.75. The van der Waals surface area contributed by atoms with Gasteiger partial charge in [0.25, 0.3) is 0 Å². The molecule has 0 aromatic heterocycles. The molecule has 2 nitrogen and oxygen atoms in total. The van der Waals surface area contributed by atoms with Crippen molar-refractivity contribution in [3.8, 4) is 11.5 Å². The van der Waals surface area contributed by atoms with E-state index in [-0.39, 0.29) is 5.82 Å². The maximum atomic E-state index is 13.3. The van der Waals surface area contributed by atoms with Crippen molar-refractivity contribution < 1.29 is 9.13 Å². The summed E-state index contributed by atoms with van der Waals surface area (Å²) < 4.78 is 19.7. The first-order chi connectivity index (χ1) is 9.10. The molecule has 0 aliphatic rings. The highest BCUT2D eigenvalue weighted by atomic mass is 79.9. The molecule has 0 heterocycles. The van der Waals surface area contributed by atoms with Gasteiger partial charge in [-0.2, -0.15) is 0 Å². The van der Waals surface area contributed by atoms with E-state index in [0.717, 1.165) is 5.56 Å². The lowest BCUT2D eigenvalue weighted by Gasteiger charge is -2.13. The third-order valence-corrected chi connectivity index (χ3v) is 3.23. The molecular weight excluding hydrogens is 333 g/mol. The second kappa shape index (κ2) is 6.37. The zero-order chi connectivity index (χ0) is 13.8. The highest BCUT2D eigenvalue weighted by molar-refractivity contribution is 9.10. The van der Waals surface area contributed by atoms with Crippen LogP contribution in [0.3, 0.4) is 0 Å². The van der Waals surface area contributed by atoms with Crippen LogP contribution in [0.4, 0.5) is 4.39 Å². The van der Waals surface area contributed by atoms with Gasteiger partial charge in [-0.25, -0.2) is 4.39 Å². The lowest BCUT2D eigenvalue weighted by Crippen LogP contribution is -2.06. The molecule has 19 heavy (non-hydrogen) atoms. The molecular formula is C14H12BrClFNO. The van der Waals surface area contributed by atoms with Gasteiger partial charge in [0.05, 0.1) is 5.02 Å². The number of rotatable bonds is 4. The SMILES string of the molecule is CNCc1cccc(Cl)c1Oc1cc(F)cc(Br)c1. The smallest absolute Gasteiger partial charge is 0.150 e. The fourth-order valence-electron chi connectivity index (χ4n) is 1.70.